The number of nitrogens with zero attached hydrogens (tertiary/aromatic N) is 3. The second-order valence-electron chi connectivity index (χ2n) is 5.25. The molecule has 3 aromatic rings. The fraction of sp³-hybridized carbons (Fsp3) is 0.176. The molecule has 8 heteroatoms. The van der Waals surface area contributed by atoms with Crippen molar-refractivity contribution in [3.05, 3.63) is 72.2 Å². The molecule has 2 heterocycles. The molecular weight excluding hydrogens is 333 g/mol. The minimum absolute atomic E-state index is 0.350. The van der Waals surface area contributed by atoms with Crippen molar-refractivity contribution in [2.75, 3.05) is 5.32 Å². The molecule has 0 saturated heterocycles. The lowest BCUT2D eigenvalue weighted by Crippen LogP contribution is -2.17. The highest BCUT2D eigenvalue weighted by Gasteiger charge is 2.31. The summed E-state index contributed by atoms with van der Waals surface area (Å²) >= 11 is 0. The van der Waals surface area contributed by atoms with Crippen LogP contribution in [-0.2, 0) is 13.1 Å². The molecule has 3 rings (SSSR count). The second-order valence-corrected chi connectivity index (χ2v) is 5.25. The van der Waals surface area contributed by atoms with Gasteiger partial charge in [0.25, 0.3) is 0 Å². The van der Waals surface area contributed by atoms with Crippen LogP contribution in [0, 0.1) is 0 Å². The zero-order valence-electron chi connectivity index (χ0n) is 13.1. The van der Waals surface area contributed by atoms with Gasteiger partial charge in [0.1, 0.15) is 11.6 Å². The highest BCUT2D eigenvalue weighted by Crippen LogP contribution is 2.22. The molecule has 2 aromatic heterocycles. The number of pyridine rings is 1. The molecule has 0 aliphatic heterocycles. The predicted octanol–water partition coefficient (Wildman–Crippen LogP) is 3.84. The van der Waals surface area contributed by atoms with Crippen LogP contribution in [0.5, 0.6) is 5.75 Å². The van der Waals surface area contributed by atoms with E-state index in [0.29, 0.717) is 18.9 Å². The molecule has 130 valence electrons. The minimum Gasteiger partial charge on any atom is -0.404 e. The fourth-order valence-corrected chi connectivity index (χ4v) is 2.32. The fourth-order valence-electron chi connectivity index (χ4n) is 2.32. The van der Waals surface area contributed by atoms with Gasteiger partial charge < -0.3 is 10.1 Å². The summed E-state index contributed by atoms with van der Waals surface area (Å²) in [7, 11) is 0. The van der Waals surface area contributed by atoms with Crippen LogP contribution in [0.3, 0.4) is 0 Å². The molecule has 0 unspecified atom stereocenters. The van der Waals surface area contributed by atoms with E-state index in [4.69, 9.17) is 0 Å². The van der Waals surface area contributed by atoms with E-state index in [9.17, 15) is 13.2 Å². The quantitative estimate of drug-likeness (QED) is 0.735. The highest BCUT2D eigenvalue weighted by molar-refractivity contribution is 5.39. The Balaban J connectivity index is 1.64. The maximum absolute atomic E-state index is 12.1. The summed E-state index contributed by atoms with van der Waals surface area (Å²) in [5, 5.41) is 7.28. The topological polar surface area (TPSA) is 52.0 Å². The normalized spacial score (nSPS) is 11.3. The number of alkyl halides is 3. The van der Waals surface area contributed by atoms with Crippen LogP contribution in [0.1, 0.15) is 11.1 Å². The molecule has 0 radical (unpaired) electrons. The third kappa shape index (κ3) is 4.97. The Bertz CT molecular complexity index is 802. The van der Waals surface area contributed by atoms with Crippen LogP contribution >= 0.6 is 0 Å². The van der Waals surface area contributed by atoms with Gasteiger partial charge in [-0.25, -0.2) is 4.98 Å². The highest BCUT2D eigenvalue weighted by atomic mass is 19.4. The van der Waals surface area contributed by atoms with Crippen LogP contribution in [-0.4, -0.2) is 21.1 Å². The molecular formula is C17H15F3N4O. The van der Waals surface area contributed by atoms with Crippen LogP contribution in [0.25, 0.3) is 0 Å². The van der Waals surface area contributed by atoms with Crippen molar-refractivity contribution in [3.63, 3.8) is 0 Å². The zero-order valence-corrected chi connectivity index (χ0v) is 13.1. The van der Waals surface area contributed by atoms with Crippen molar-refractivity contribution in [2.45, 2.75) is 19.5 Å². The Labute approximate surface area is 142 Å². The smallest absolute Gasteiger partial charge is 0.404 e. The molecule has 1 aromatic carbocycles. The number of nitrogens with one attached hydrogen (secondary N) is 1. The number of ether oxygens (including phenoxy) is 1. The summed E-state index contributed by atoms with van der Waals surface area (Å²) in [6, 6.07) is 12.4. The van der Waals surface area contributed by atoms with Gasteiger partial charge in [-0.15, -0.1) is 13.2 Å². The van der Waals surface area contributed by atoms with Gasteiger partial charge in [0.2, 0.25) is 0 Å². The summed E-state index contributed by atoms with van der Waals surface area (Å²) in [6.07, 6.45) is -0.0893. The summed E-state index contributed by atoms with van der Waals surface area (Å²) in [5.41, 5.74) is 2.14. The van der Waals surface area contributed by atoms with E-state index in [1.165, 1.54) is 12.1 Å². The van der Waals surface area contributed by atoms with Crippen molar-refractivity contribution in [1.29, 1.82) is 0 Å². The Hall–Kier alpha value is -3.03. The van der Waals surface area contributed by atoms with Gasteiger partial charge in [-0.2, -0.15) is 5.10 Å². The van der Waals surface area contributed by atoms with Gasteiger partial charge in [-0.3, -0.25) is 4.68 Å². The summed E-state index contributed by atoms with van der Waals surface area (Å²) in [5.74, 6) is 0.112. The molecule has 0 saturated carbocycles. The average Bonchev–Trinajstić information content (AvgIpc) is 3.07. The molecule has 0 spiro atoms. The van der Waals surface area contributed by atoms with Gasteiger partial charge in [-0.05, 0) is 29.3 Å². The Morgan fingerprint density at radius 1 is 1.04 bits per heavy atom. The molecule has 5 nitrogen and oxygen atoms in total. The van der Waals surface area contributed by atoms with Crippen molar-refractivity contribution in [3.8, 4) is 5.75 Å². The first-order chi connectivity index (χ1) is 12.0. The average molecular weight is 348 g/mol. The van der Waals surface area contributed by atoms with Crippen LogP contribution in [0.15, 0.2) is 61.1 Å². The lowest BCUT2D eigenvalue weighted by molar-refractivity contribution is -0.274. The number of hydrogen-bond acceptors (Lipinski definition) is 4. The van der Waals surface area contributed by atoms with Gasteiger partial charge in [0.05, 0.1) is 12.7 Å². The Morgan fingerprint density at radius 3 is 2.48 bits per heavy atom. The largest absolute Gasteiger partial charge is 0.573 e. The molecule has 1 N–H and O–H groups in total. The van der Waals surface area contributed by atoms with Crippen molar-refractivity contribution in [2.24, 2.45) is 0 Å². The van der Waals surface area contributed by atoms with Gasteiger partial charge in [0.15, 0.2) is 0 Å². The van der Waals surface area contributed by atoms with Crippen LogP contribution < -0.4 is 10.1 Å². The predicted molar refractivity (Wildman–Crippen MR) is 86.0 cm³/mol. The van der Waals surface area contributed by atoms with Crippen LogP contribution in [0.4, 0.5) is 19.0 Å². The number of hydrogen-bond donors (Lipinski definition) is 1. The van der Waals surface area contributed by atoms with E-state index in [1.54, 1.807) is 6.20 Å². The van der Waals surface area contributed by atoms with Gasteiger partial charge >= 0.3 is 6.36 Å². The number of halogens is 3. The van der Waals surface area contributed by atoms with E-state index in [-0.39, 0.29) is 5.75 Å². The second kappa shape index (κ2) is 7.25. The first-order valence-corrected chi connectivity index (χ1v) is 7.49. The van der Waals surface area contributed by atoms with Crippen molar-refractivity contribution < 1.29 is 17.9 Å². The van der Waals surface area contributed by atoms with Crippen LogP contribution in [0.2, 0.25) is 0 Å². The van der Waals surface area contributed by atoms with E-state index in [1.807, 2.05) is 41.2 Å². The van der Waals surface area contributed by atoms with E-state index in [0.717, 1.165) is 17.3 Å². The number of aromatic nitrogens is 3. The van der Waals surface area contributed by atoms with Crippen molar-refractivity contribution in [1.82, 2.24) is 14.8 Å². The lowest BCUT2D eigenvalue weighted by Gasteiger charge is -2.12. The monoisotopic (exact) mass is 348 g/mol. The first kappa shape index (κ1) is 16.8. The number of anilines is 1. The number of benzene rings is 1. The third-order valence-electron chi connectivity index (χ3n) is 3.44. The number of rotatable bonds is 6. The molecule has 0 fully saturated rings. The molecule has 0 aliphatic carbocycles. The standard InChI is InChI=1S/C17H15F3N4O/c18-17(19,20)25-15-6-7-16(22-11-15)21-10-13-4-1-2-5-14(13)12-24-9-3-8-23-24/h1-9,11H,10,12H2,(H,21,22). The van der Waals surface area contributed by atoms with E-state index >= 15 is 0 Å². The van der Waals surface area contributed by atoms with E-state index in [2.05, 4.69) is 20.1 Å². The molecule has 0 amide bonds. The maximum Gasteiger partial charge on any atom is 0.573 e. The SMILES string of the molecule is FC(F)(F)Oc1ccc(NCc2ccccc2Cn2cccn2)nc1. The van der Waals surface area contributed by atoms with Crippen molar-refractivity contribution >= 4 is 5.82 Å². The van der Waals surface area contributed by atoms with Gasteiger partial charge in [0, 0.05) is 18.9 Å². The van der Waals surface area contributed by atoms with Gasteiger partial charge in [-0.1, -0.05) is 24.3 Å². The molecule has 25 heavy (non-hydrogen) atoms. The first-order valence-electron chi connectivity index (χ1n) is 7.49. The molecule has 0 bridgehead atoms. The summed E-state index contributed by atoms with van der Waals surface area (Å²) in [4.78, 5) is 3.93. The summed E-state index contributed by atoms with van der Waals surface area (Å²) < 4.78 is 42.0. The third-order valence-corrected chi connectivity index (χ3v) is 3.44. The minimum atomic E-state index is -4.72. The van der Waals surface area contributed by atoms with E-state index < -0.39 is 6.36 Å². The summed E-state index contributed by atoms with van der Waals surface area (Å²) in [6.45, 7) is 1.13. The zero-order chi connectivity index (χ0) is 17.7. The lowest BCUT2D eigenvalue weighted by atomic mass is 10.1. The Kier molecular flexibility index (Phi) is 4.87. The maximum atomic E-state index is 12.1. The Morgan fingerprint density at radius 2 is 1.84 bits per heavy atom. The molecule has 0 atom stereocenters. The molecule has 0 aliphatic rings.